The highest BCUT2D eigenvalue weighted by atomic mass is 35.5. The van der Waals surface area contributed by atoms with Gasteiger partial charge in [-0.1, -0.05) is 42.1 Å². The molecule has 1 nitrogen and oxygen atoms in total. The van der Waals surface area contributed by atoms with Crippen molar-refractivity contribution in [3.05, 3.63) is 63.7 Å². The fraction of sp³-hybridized carbons (Fsp3) is 0.188. The first-order valence-electron chi connectivity index (χ1n) is 6.74. The molecule has 0 saturated heterocycles. The Bertz CT molecular complexity index is 726. The minimum Gasteiger partial charge on any atom is -0.289 e. The number of alkyl halides is 3. The Morgan fingerprint density at radius 3 is 2.41 bits per heavy atom. The van der Waals surface area contributed by atoms with E-state index >= 15 is 0 Å². The molecule has 6 heteroatoms. The lowest BCUT2D eigenvalue weighted by Gasteiger charge is -2.12. The Balaban J connectivity index is 2.56. The van der Waals surface area contributed by atoms with Crippen LogP contribution in [0.15, 0.2) is 36.4 Å². The van der Waals surface area contributed by atoms with E-state index in [1.54, 1.807) is 25.9 Å². The van der Waals surface area contributed by atoms with Crippen molar-refractivity contribution in [1.82, 2.24) is 0 Å². The molecule has 0 aliphatic carbocycles. The van der Waals surface area contributed by atoms with Gasteiger partial charge < -0.3 is 0 Å². The van der Waals surface area contributed by atoms with Gasteiger partial charge in [0.15, 0.2) is 13.1 Å². The zero-order valence-corrected chi connectivity index (χ0v) is 12.8. The second-order valence-electron chi connectivity index (χ2n) is 5.06. The molecule has 0 aliphatic heterocycles. The van der Waals surface area contributed by atoms with Crippen LogP contribution >= 0.6 is 11.6 Å². The summed E-state index contributed by atoms with van der Waals surface area (Å²) in [5.74, 6) is -0.458. The highest BCUT2D eigenvalue weighted by molar-refractivity contribution is 6.52. The molecule has 0 radical (unpaired) electrons. The molecule has 22 heavy (non-hydrogen) atoms. The zero-order chi connectivity index (χ0) is 16.5. The number of carbonyl (C=O) groups is 1. The maximum atomic E-state index is 13.0. The summed E-state index contributed by atoms with van der Waals surface area (Å²) in [4.78, 5) is 12.5. The van der Waals surface area contributed by atoms with Gasteiger partial charge >= 0.3 is 6.18 Å². The van der Waals surface area contributed by atoms with Gasteiger partial charge in [-0.25, -0.2) is 0 Å². The molecule has 0 unspecified atom stereocenters. The van der Waals surface area contributed by atoms with Gasteiger partial charge in [0.1, 0.15) is 0 Å². The first kappa shape index (κ1) is 16.6. The lowest BCUT2D eigenvalue weighted by molar-refractivity contribution is -0.137. The molecule has 0 amide bonds. The first-order chi connectivity index (χ1) is 10.2. The molecule has 0 N–H and O–H groups in total. The van der Waals surface area contributed by atoms with E-state index in [1.807, 2.05) is 0 Å². The number of carbonyl (C=O) groups excluding carboxylic acids is 1. The van der Waals surface area contributed by atoms with Crippen molar-refractivity contribution in [2.24, 2.45) is 0 Å². The molecule has 2 aromatic carbocycles. The molecule has 114 valence electrons. The third-order valence-corrected chi connectivity index (χ3v) is 3.67. The highest BCUT2D eigenvalue weighted by Gasteiger charge is 2.31. The topological polar surface area (TPSA) is 17.1 Å². The number of ketones is 1. The lowest BCUT2D eigenvalue weighted by Crippen LogP contribution is -2.19. The van der Waals surface area contributed by atoms with E-state index in [0.717, 1.165) is 12.1 Å². The van der Waals surface area contributed by atoms with E-state index in [9.17, 15) is 18.0 Å². The van der Waals surface area contributed by atoms with Crippen molar-refractivity contribution in [3.63, 3.8) is 0 Å². The molecular formula is C16H13BClF3O. The van der Waals surface area contributed by atoms with Gasteiger partial charge in [0.25, 0.3) is 0 Å². The summed E-state index contributed by atoms with van der Waals surface area (Å²) in [6.45, 7) is 3.46. The van der Waals surface area contributed by atoms with Crippen LogP contribution in [-0.4, -0.2) is 13.1 Å². The number of rotatable bonds is 3. The monoisotopic (exact) mass is 324 g/mol. The van der Waals surface area contributed by atoms with Crippen LogP contribution in [0.2, 0.25) is 11.8 Å². The fourth-order valence-electron chi connectivity index (χ4n) is 2.19. The van der Waals surface area contributed by atoms with Gasteiger partial charge in [0, 0.05) is 16.1 Å². The minimum atomic E-state index is -4.48. The molecule has 0 saturated carbocycles. The van der Waals surface area contributed by atoms with Gasteiger partial charge in [0.05, 0.1) is 5.56 Å². The Kier molecular flexibility index (Phi) is 4.66. The Morgan fingerprint density at radius 2 is 1.82 bits per heavy atom. The molecular weight excluding hydrogens is 311 g/mol. The summed E-state index contributed by atoms with van der Waals surface area (Å²) in [7, 11) is 0.415. The van der Waals surface area contributed by atoms with E-state index in [1.165, 1.54) is 12.1 Å². The van der Waals surface area contributed by atoms with Crippen LogP contribution in [0.5, 0.6) is 0 Å². The summed E-state index contributed by atoms with van der Waals surface area (Å²) in [5.41, 5.74) is 0.670. The average molecular weight is 325 g/mol. The minimum absolute atomic E-state index is 0.0250. The molecule has 0 atom stereocenters. The Morgan fingerprint density at radius 1 is 1.14 bits per heavy atom. The van der Waals surface area contributed by atoms with E-state index in [4.69, 9.17) is 11.6 Å². The van der Waals surface area contributed by atoms with Gasteiger partial charge in [-0.2, -0.15) is 13.2 Å². The van der Waals surface area contributed by atoms with Crippen molar-refractivity contribution in [2.45, 2.75) is 19.9 Å². The van der Waals surface area contributed by atoms with Crippen LogP contribution in [0.3, 0.4) is 0 Å². The predicted octanol–water partition coefficient (Wildman–Crippen LogP) is 4.01. The van der Waals surface area contributed by atoms with Crippen molar-refractivity contribution in [3.8, 4) is 0 Å². The van der Waals surface area contributed by atoms with E-state index in [2.05, 4.69) is 0 Å². The SMILES string of the molecule is CBc1cc(C(=O)c2cc(Cl)ccc2C)cc(C(F)(F)F)c1. The van der Waals surface area contributed by atoms with Gasteiger partial charge in [-0.15, -0.1) is 0 Å². The third-order valence-electron chi connectivity index (χ3n) is 3.43. The number of benzene rings is 2. The van der Waals surface area contributed by atoms with E-state index < -0.39 is 17.5 Å². The van der Waals surface area contributed by atoms with Gasteiger partial charge in [-0.05, 0) is 30.7 Å². The maximum absolute atomic E-state index is 13.0. The summed E-state index contributed by atoms with van der Waals surface area (Å²) < 4.78 is 38.9. The summed E-state index contributed by atoms with van der Waals surface area (Å²) in [6, 6.07) is 8.24. The summed E-state index contributed by atoms with van der Waals surface area (Å²) >= 11 is 5.88. The molecule has 0 aliphatic rings. The first-order valence-corrected chi connectivity index (χ1v) is 7.12. The average Bonchev–Trinajstić information content (AvgIpc) is 2.47. The lowest BCUT2D eigenvalue weighted by atomic mass is 9.72. The number of halogens is 4. The molecule has 0 fully saturated rings. The van der Waals surface area contributed by atoms with Crippen LogP contribution in [-0.2, 0) is 6.18 Å². The molecule has 0 spiro atoms. The van der Waals surface area contributed by atoms with Crippen LogP contribution in [0.25, 0.3) is 0 Å². The van der Waals surface area contributed by atoms with Crippen LogP contribution < -0.4 is 5.46 Å². The molecule has 2 rings (SSSR count). The summed E-state index contributed by atoms with van der Waals surface area (Å²) in [6.07, 6.45) is -4.48. The van der Waals surface area contributed by atoms with Crippen molar-refractivity contribution in [2.75, 3.05) is 0 Å². The second kappa shape index (κ2) is 6.17. The quantitative estimate of drug-likeness (QED) is 0.616. The Labute approximate surface area is 132 Å². The predicted molar refractivity (Wildman–Crippen MR) is 83.7 cm³/mol. The second-order valence-corrected chi connectivity index (χ2v) is 5.49. The van der Waals surface area contributed by atoms with Crippen LogP contribution in [0.4, 0.5) is 13.2 Å². The van der Waals surface area contributed by atoms with Gasteiger partial charge in [0.2, 0.25) is 0 Å². The molecule has 0 bridgehead atoms. The maximum Gasteiger partial charge on any atom is 0.416 e. The molecule has 0 heterocycles. The zero-order valence-electron chi connectivity index (χ0n) is 12.1. The summed E-state index contributed by atoms with van der Waals surface area (Å²) in [5, 5.41) is 0.372. The van der Waals surface area contributed by atoms with E-state index in [0.29, 0.717) is 28.9 Å². The smallest absolute Gasteiger partial charge is 0.289 e. The van der Waals surface area contributed by atoms with Crippen molar-refractivity contribution >= 4 is 30.1 Å². The number of hydrogen-bond donors (Lipinski definition) is 0. The van der Waals surface area contributed by atoms with Crippen LogP contribution in [0.1, 0.15) is 27.0 Å². The third kappa shape index (κ3) is 3.53. The Hall–Kier alpha value is -1.75. The normalized spacial score (nSPS) is 11.4. The van der Waals surface area contributed by atoms with Gasteiger partial charge in [-0.3, -0.25) is 4.79 Å². The largest absolute Gasteiger partial charge is 0.416 e. The van der Waals surface area contributed by atoms with Crippen molar-refractivity contribution < 1.29 is 18.0 Å². The fourth-order valence-corrected chi connectivity index (χ4v) is 2.36. The molecule has 0 aromatic heterocycles. The van der Waals surface area contributed by atoms with Crippen LogP contribution in [0, 0.1) is 6.92 Å². The van der Waals surface area contributed by atoms with Crippen molar-refractivity contribution in [1.29, 1.82) is 0 Å². The number of hydrogen-bond acceptors (Lipinski definition) is 1. The standard InChI is InChI=1S/C16H13BClF3O/c1-9-3-4-13(18)8-14(9)15(22)10-5-11(16(19,20)21)7-12(6-10)17-2/h3-8,17H,1-2H3. The molecule has 2 aromatic rings. The van der Waals surface area contributed by atoms with E-state index in [-0.39, 0.29) is 5.56 Å². The number of aryl methyl sites for hydroxylation is 1. The highest BCUT2D eigenvalue weighted by Crippen LogP contribution is 2.30.